The Hall–Kier alpha value is -0.920. The Kier molecular flexibility index (Phi) is 3.36. The van der Waals surface area contributed by atoms with Crippen molar-refractivity contribution in [3.8, 4) is 0 Å². The predicted molar refractivity (Wildman–Crippen MR) is 70.7 cm³/mol. The third kappa shape index (κ3) is 2.09. The molecule has 0 radical (unpaired) electrons. The molecule has 2 fully saturated rings. The summed E-state index contributed by atoms with van der Waals surface area (Å²) in [5.41, 5.74) is 6.15. The molecule has 3 N–H and O–H groups in total. The van der Waals surface area contributed by atoms with Crippen LogP contribution in [0.3, 0.4) is 0 Å². The first-order valence-corrected chi connectivity index (χ1v) is 8.32. The fraction of sp³-hybridized carbons (Fsp3) is 0.750. The smallest absolute Gasteiger partial charge is 0.260 e. The van der Waals surface area contributed by atoms with E-state index in [0.29, 0.717) is 18.0 Å². The number of nitrogens with one attached hydrogen (secondary N) is 1. The number of H-pyrrole nitrogens is 1. The number of fused-ring (bicyclic) bond motifs is 1. The molecule has 2 aliphatic rings. The maximum absolute atomic E-state index is 12.8. The molecule has 3 rings (SSSR count). The number of sulfonamides is 1. The van der Waals surface area contributed by atoms with E-state index in [1.165, 1.54) is 6.20 Å². The topological polar surface area (TPSA) is 92.1 Å². The van der Waals surface area contributed by atoms with E-state index in [9.17, 15) is 8.42 Å². The molecule has 19 heavy (non-hydrogen) atoms. The van der Waals surface area contributed by atoms with E-state index in [4.69, 9.17) is 5.73 Å². The normalized spacial score (nSPS) is 28.5. The molecule has 1 saturated heterocycles. The van der Waals surface area contributed by atoms with Crippen LogP contribution in [0, 0.1) is 5.92 Å². The van der Waals surface area contributed by atoms with Gasteiger partial charge in [0.25, 0.3) is 10.0 Å². The van der Waals surface area contributed by atoms with Gasteiger partial charge in [0.05, 0.1) is 6.20 Å². The summed E-state index contributed by atoms with van der Waals surface area (Å²) < 4.78 is 27.2. The van der Waals surface area contributed by atoms with Gasteiger partial charge in [0.1, 0.15) is 0 Å². The van der Waals surface area contributed by atoms with Crippen molar-refractivity contribution >= 4 is 10.0 Å². The highest BCUT2D eigenvalue weighted by atomic mass is 32.2. The summed E-state index contributed by atoms with van der Waals surface area (Å²) in [6.45, 7) is 0.805. The molecule has 1 aromatic rings. The van der Waals surface area contributed by atoms with Crippen LogP contribution in [0.25, 0.3) is 0 Å². The third-order valence-corrected chi connectivity index (χ3v) is 6.35. The lowest BCUT2D eigenvalue weighted by molar-refractivity contribution is 0.201. The highest BCUT2D eigenvalue weighted by Gasteiger charge is 2.42. The van der Waals surface area contributed by atoms with E-state index >= 15 is 0 Å². The zero-order valence-corrected chi connectivity index (χ0v) is 11.7. The van der Waals surface area contributed by atoms with Gasteiger partial charge in [0.15, 0.2) is 5.03 Å². The molecule has 0 spiro atoms. The van der Waals surface area contributed by atoms with E-state index in [0.717, 1.165) is 32.1 Å². The number of aromatic amines is 1. The molecular weight excluding hydrogens is 264 g/mol. The largest absolute Gasteiger partial charge is 0.326 e. The molecule has 1 saturated carbocycles. The number of aromatic nitrogens is 2. The van der Waals surface area contributed by atoms with Gasteiger partial charge in [-0.2, -0.15) is 9.40 Å². The number of hydrogen-bond donors (Lipinski definition) is 2. The van der Waals surface area contributed by atoms with Crippen LogP contribution in [-0.2, 0) is 16.6 Å². The first kappa shape index (κ1) is 13.1. The maximum Gasteiger partial charge on any atom is 0.260 e. The van der Waals surface area contributed by atoms with Gasteiger partial charge in [-0.1, -0.05) is 6.42 Å². The Morgan fingerprint density at radius 1 is 1.37 bits per heavy atom. The van der Waals surface area contributed by atoms with Crippen LogP contribution in [-0.4, -0.2) is 35.5 Å². The van der Waals surface area contributed by atoms with E-state index in [-0.39, 0.29) is 17.6 Å². The summed E-state index contributed by atoms with van der Waals surface area (Å²) >= 11 is 0. The molecule has 106 valence electrons. The molecule has 6 nitrogen and oxygen atoms in total. The molecule has 1 aromatic heterocycles. The Labute approximate surface area is 113 Å². The Balaban J connectivity index is 1.95. The second-order valence-corrected chi connectivity index (χ2v) is 7.27. The van der Waals surface area contributed by atoms with Crippen molar-refractivity contribution in [1.29, 1.82) is 0 Å². The van der Waals surface area contributed by atoms with Gasteiger partial charge >= 0.3 is 0 Å². The lowest BCUT2D eigenvalue weighted by atomic mass is 9.94. The Morgan fingerprint density at radius 3 is 2.95 bits per heavy atom. The minimum Gasteiger partial charge on any atom is -0.326 e. The second-order valence-electron chi connectivity index (χ2n) is 5.44. The minimum atomic E-state index is -3.48. The number of rotatable bonds is 3. The lowest BCUT2D eigenvalue weighted by Gasteiger charge is -2.36. The van der Waals surface area contributed by atoms with Crippen LogP contribution in [0.15, 0.2) is 11.2 Å². The number of hydrogen-bond acceptors (Lipinski definition) is 4. The van der Waals surface area contributed by atoms with Gasteiger partial charge in [0, 0.05) is 24.7 Å². The monoisotopic (exact) mass is 284 g/mol. The zero-order valence-electron chi connectivity index (χ0n) is 10.9. The molecule has 2 atom stereocenters. The lowest BCUT2D eigenvalue weighted by Crippen LogP contribution is -2.46. The van der Waals surface area contributed by atoms with Gasteiger partial charge in [-0.05, 0) is 31.6 Å². The van der Waals surface area contributed by atoms with Crippen molar-refractivity contribution in [3.63, 3.8) is 0 Å². The Bertz CT molecular complexity index is 554. The fourth-order valence-corrected chi connectivity index (χ4v) is 5.37. The van der Waals surface area contributed by atoms with E-state index in [1.54, 1.807) is 4.31 Å². The van der Waals surface area contributed by atoms with Crippen molar-refractivity contribution in [2.75, 3.05) is 6.54 Å². The van der Waals surface area contributed by atoms with Gasteiger partial charge in [-0.3, -0.25) is 5.10 Å². The van der Waals surface area contributed by atoms with Crippen LogP contribution >= 0.6 is 0 Å². The third-order valence-electron chi connectivity index (χ3n) is 4.41. The van der Waals surface area contributed by atoms with Gasteiger partial charge < -0.3 is 5.73 Å². The molecule has 0 amide bonds. The molecule has 0 bridgehead atoms. The Morgan fingerprint density at radius 2 is 2.16 bits per heavy atom. The van der Waals surface area contributed by atoms with Gasteiger partial charge in [-0.25, -0.2) is 8.42 Å². The quantitative estimate of drug-likeness (QED) is 0.859. The van der Waals surface area contributed by atoms with Crippen molar-refractivity contribution in [3.05, 3.63) is 11.8 Å². The fourth-order valence-electron chi connectivity index (χ4n) is 3.49. The SMILES string of the molecule is NCc1cn[nH]c1S(=O)(=O)N1CCCC2CCCC21. The van der Waals surface area contributed by atoms with Crippen molar-refractivity contribution in [2.24, 2.45) is 11.7 Å². The summed E-state index contributed by atoms with van der Waals surface area (Å²) in [5.74, 6) is 0.535. The van der Waals surface area contributed by atoms with Gasteiger partial charge in [0.2, 0.25) is 0 Å². The molecule has 0 aromatic carbocycles. The van der Waals surface area contributed by atoms with Gasteiger partial charge in [-0.15, -0.1) is 0 Å². The minimum absolute atomic E-state index is 0.174. The molecular formula is C12H20N4O2S. The predicted octanol–water partition coefficient (Wildman–Crippen LogP) is 0.822. The first-order valence-electron chi connectivity index (χ1n) is 6.88. The van der Waals surface area contributed by atoms with Crippen molar-refractivity contribution < 1.29 is 8.42 Å². The standard InChI is InChI=1S/C12H20N4O2S/c13-7-10-8-14-15-12(10)19(17,18)16-6-2-4-9-3-1-5-11(9)16/h8-9,11H,1-7,13H2,(H,14,15). The number of piperidine rings is 1. The summed E-state index contributed by atoms with van der Waals surface area (Å²) in [6, 6.07) is 0.174. The van der Waals surface area contributed by atoms with Crippen LogP contribution in [0.5, 0.6) is 0 Å². The zero-order chi connectivity index (χ0) is 13.5. The van der Waals surface area contributed by atoms with Crippen LogP contribution in [0.2, 0.25) is 0 Å². The van der Waals surface area contributed by atoms with E-state index in [2.05, 4.69) is 10.2 Å². The molecule has 2 heterocycles. The van der Waals surface area contributed by atoms with Crippen LogP contribution in [0.4, 0.5) is 0 Å². The average molecular weight is 284 g/mol. The second kappa shape index (κ2) is 4.88. The summed E-state index contributed by atoms with van der Waals surface area (Å²) in [6.07, 6.45) is 6.88. The molecule has 2 unspecified atom stereocenters. The highest BCUT2D eigenvalue weighted by molar-refractivity contribution is 7.89. The maximum atomic E-state index is 12.8. The van der Waals surface area contributed by atoms with E-state index < -0.39 is 10.0 Å². The van der Waals surface area contributed by atoms with Crippen LogP contribution < -0.4 is 5.73 Å². The number of nitrogens with zero attached hydrogens (tertiary/aromatic N) is 2. The summed E-state index contributed by atoms with van der Waals surface area (Å²) in [4.78, 5) is 0. The average Bonchev–Trinajstić information content (AvgIpc) is 3.06. The molecule has 1 aliphatic heterocycles. The summed E-state index contributed by atoms with van der Waals surface area (Å²) in [5, 5.41) is 6.63. The van der Waals surface area contributed by atoms with Crippen molar-refractivity contribution in [2.45, 2.75) is 49.7 Å². The molecule has 7 heteroatoms. The first-order chi connectivity index (χ1) is 9.14. The highest BCUT2D eigenvalue weighted by Crippen LogP contribution is 2.39. The number of nitrogens with two attached hydrogens (primary N) is 1. The molecule has 1 aliphatic carbocycles. The van der Waals surface area contributed by atoms with Crippen LogP contribution in [0.1, 0.15) is 37.7 Å². The van der Waals surface area contributed by atoms with E-state index in [1.807, 2.05) is 0 Å². The van der Waals surface area contributed by atoms with Crippen molar-refractivity contribution in [1.82, 2.24) is 14.5 Å². The summed E-state index contributed by atoms with van der Waals surface area (Å²) in [7, 11) is -3.48.